The Balaban J connectivity index is 2.41. The van der Waals surface area contributed by atoms with Crippen molar-refractivity contribution in [2.24, 2.45) is 0 Å². The number of carbonyl (C=O) groups is 1. The zero-order valence-electron chi connectivity index (χ0n) is 11.5. The first-order valence-corrected chi connectivity index (χ1v) is 6.40. The highest BCUT2D eigenvalue weighted by atomic mass is 16.5. The predicted molar refractivity (Wildman–Crippen MR) is 75.9 cm³/mol. The standard InChI is InChI=1S/C14H17N3O3/c1-3-17-12(14(18)19)8-11(16-17)9-5-6-13(20-4-2)10(15)7-9/h5-8H,3-4,15H2,1-2H3,(H,18,19). The normalized spacial score (nSPS) is 10.5. The third kappa shape index (κ3) is 2.59. The fourth-order valence-electron chi connectivity index (χ4n) is 1.97. The van der Waals surface area contributed by atoms with Crippen molar-refractivity contribution in [3.63, 3.8) is 0 Å². The van der Waals surface area contributed by atoms with Gasteiger partial charge in [0.25, 0.3) is 0 Å². The van der Waals surface area contributed by atoms with E-state index in [1.165, 1.54) is 4.68 Å². The average Bonchev–Trinajstić information content (AvgIpc) is 2.85. The van der Waals surface area contributed by atoms with Crippen LogP contribution in [-0.4, -0.2) is 27.5 Å². The first-order chi connectivity index (χ1) is 9.56. The summed E-state index contributed by atoms with van der Waals surface area (Å²) in [7, 11) is 0. The van der Waals surface area contributed by atoms with E-state index in [1.807, 2.05) is 19.9 Å². The number of nitrogen functional groups attached to an aromatic ring is 1. The number of ether oxygens (including phenoxy) is 1. The van der Waals surface area contributed by atoms with Crippen molar-refractivity contribution in [2.45, 2.75) is 20.4 Å². The molecular weight excluding hydrogens is 258 g/mol. The summed E-state index contributed by atoms with van der Waals surface area (Å²) < 4.78 is 6.82. The number of nitrogens with zero attached hydrogens (tertiary/aromatic N) is 2. The van der Waals surface area contributed by atoms with Crippen LogP contribution in [0.25, 0.3) is 11.3 Å². The van der Waals surface area contributed by atoms with E-state index in [4.69, 9.17) is 15.6 Å². The van der Waals surface area contributed by atoms with Crippen LogP contribution in [0.15, 0.2) is 24.3 Å². The number of nitrogens with two attached hydrogens (primary N) is 1. The molecule has 0 spiro atoms. The lowest BCUT2D eigenvalue weighted by molar-refractivity contribution is 0.0683. The van der Waals surface area contributed by atoms with E-state index in [9.17, 15) is 4.79 Å². The van der Waals surface area contributed by atoms with Crippen molar-refractivity contribution in [3.05, 3.63) is 30.0 Å². The highest BCUT2D eigenvalue weighted by Crippen LogP contribution is 2.28. The minimum Gasteiger partial charge on any atom is -0.492 e. The molecule has 6 heteroatoms. The molecule has 1 aromatic carbocycles. The van der Waals surface area contributed by atoms with Gasteiger partial charge in [0.2, 0.25) is 0 Å². The number of aromatic carboxylic acids is 1. The number of carboxylic acid groups (broad SMARTS) is 1. The second-order valence-electron chi connectivity index (χ2n) is 4.22. The van der Waals surface area contributed by atoms with Crippen molar-refractivity contribution in [1.82, 2.24) is 9.78 Å². The van der Waals surface area contributed by atoms with E-state index in [0.29, 0.717) is 30.3 Å². The number of hydrogen-bond donors (Lipinski definition) is 2. The molecule has 6 nitrogen and oxygen atoms in total. The Hall–Kier alpha value is -2.50. The number of anilines is 1. The molecule has 0 amide bonds. The summed E-state index contributed by atoms with van der Waals surface area (Å²) in [6.07, 6.45) is 0. The van der Waals surface area contributed by atoms with Gasteiger partial charge in [0.15, 0.2) is 0 Å². The fourth-order valence-corrected chi connectivity index (χ4v) is 1.97. The smallest absolute Gasteiger partial charge is 0.354 e. The molecule has 0 saturated carbocycles. The minimum atomic E-state index is -0.996. The van der Waals surface area contributed by atoms with Crippen LogP contribution < -0.4 is 10.5 Å². The molecule has 106 valence electrons. The Morgan fingerprint density at radius 2 is 2.15 bits per heavy atom. The van der Waals surface area contributed by atoms with E-state index in [-0.39, 0.29) is 5.69 Å². The predicted octanol–water partition coefficient (Wildman–Crippen LogP) is 2.25. The molecule has 3 N–H and O–H groups in total. The van der Waals surface area contributed by atoms with E-state index < -0.39 is 5.97 Å². The monoisotopic (exact) mass is 275 g/mol. The van der Waals surface area contributed by atoms with Gasteiger partial charge in [-0.1, -0.05) is 0 Å². The highest BCUT2D eigenvalue weighted by molar-refractivity contribution is 5.87. The van der Waals surface area contributed by atoms with Gasteiger partial charge in [-0.3, -0.25) is 4.68 Å². The van der Waals surface area contributed by atoms with Gasteiger partial charge in [-0.15, -0.1) is 0 Å². The van der Waals surface area contributed by atoms with Gasteiger partial charge in [0.05, 0.1) is 18.0 Å². The minimum absolute atomic E-state index is 0.162. The number of aromatic nitrogens is 2. The largest absolute Gasteiger partial charge is 0.492 e. The number of aryl methyl sites for hydroxylation is 1. The van der Waals surface area contributed by atoms with Gasteiger partial charge in [0.1, 0.15) is 11.4 Å². The highest BCUT2D eigenvalue weighted by Gasteiger charge is 2.15. The van der Waals surface area contributed by atoms with E-state index in [1.54, 1.807) is 18.2 Å². The Labute approximate surface area is 116 Å². The van der Waals surface area contributed by atoms with Crippen LogP contribution in [0.4, 0.5) is 5.69 Å². The summed E-state index contributed by atoms with van der Waals surface area (Å²) in [5.41, 5.74) is 7.92. The molecule has 0 saturated heterocycles. The van der Waals surface area contributed by atoms with Crippen LogP contribution >= 0.6 is 0 Å². The molecular formula is C14H17N3O3. The van der Waals surface area contributed by atoms with Crippen molar-refractivity contribution in [1.29, 1.82) is 0 Å². The fraction of sp³-hybridized carbons (Fsp3) is 0.286. The number of rotatable bonds is 5. The van der Waals surface area contributed by atoms with Crippen LogP contribution in [0.2, 0.25) is 0 Å². The van der Waals surface area contributed by atoms with Crippen LogP contribution in [0, 0.1) is 0 Å². The second kappa shape index (κ2) is 5.64. The molecule has 1 heterocycles. The van der Waals surface area contributed by atoms with Crippen molar-refractivity contribution in [2.75, 3.05) is 12.3 Å². The lowest BCUT2D eigenvalue weighted by Gasteiger charge is -2.07. The van der Waals surface area contributed by atoms with E-state index in [0.717, 1.165) is 5.56 Å². The van der Waals surface area contributed by atoms with Gasteiger partial charge < -0.3 is 15.6 Å². The Morgan fingerprint density at radius 3 is 2.65 bits per heavy atom. The summed E-state index contributed by atoms with van der Waals surface area (Å²) in [4.78, 5) is 11.1. The first kappa shape index (κ1) is 13.9. The number of carboxylic acids is 1. The maximum atomic E-state index is 11.1. The topological polar surface area (TPSA) is 90.4 Å². The van der Waals surface area contributed by atoms with E-state index >= 15 is 0 Å². The first-order valence-electron chi connectivity index (χ1n) is 6.40. The lowest BCUT2D eigenvalue weighted by atomic mass is 10.1. The number of hydrogen-bond acceptors (Lipinski definition) is 4. The molecule has 0 aliphatic rings. The van der Waals surface area contributed by atoms with Crippen molar-refractivity contribution < 1.29 is 14.6 Å². The van der Waals surface area contributed by atoms with Crippen molar-refractivity contribution >= 4 is 11.7 Å². The zero-order chi connectivity index (χ0) is 14.7. The molecule has 1 aromatic heterocycles. The summed E-state index contributed by atoms with van der Waals surface area (Å²) in [5.74, 6) is -0.380. The maximum Gasteiger partial charge on any atom is 0.354 e. The lowest BCUT2D eigenvalue weighted by Crippen LogP contribution is -2.08. The summed E-state index contributed by atoms with van der Waals surface area (Å²) >= 11 is 0. The summed E-state index contributed by atoms with van der Waals surface area (Å²) in [6.45, 7) is 4.76. The second-order valence-corrected chi connectivity index (χ2v) is 4.22. The zero-order valence-corrected chi connectivity index (χ0v) is 11.5. The van der Waals surface area contributed by atoms with Gasteiger partial charge in [-0.2, -0.15) is 5.10 Å². The summed E-state index contributed by atoms with van der Waals surface area (Å²) in [6, 6.07) is 6.86. The van der Waals surface area contributed by atoms with Gasteiger partial charge in [-0.05, 0) is 38.1 Å². The van der Waals surface area contributed by atoms with Crippen LogP contribution in [0.1, 0.15) is 24.3 Å². The molecule has 2 rings (SSSR count). The van der Waals surface area contributed by atoms with Gasteiger partial charge in [0, 0.05) is 12.1 Å². The third-order valence-corrected chi connectivity index (χ3v) is 2.90. The van der Waals surface area contributed by atoms with Crippen LogP contribution in [-0.2, 0) is 6.54 Å². The molecule has 0 aliphatic heterocycles. The molecule has 0 atom stereocenters. The average molecular weight is 275 g/mol. The van der Waals surface area contributed by atoms with Gasteiger partial charge >= 0.3 is 5.97 Å². The summed E-state index contributed by atoms with van der Waals surface area (Å²) in [5, 5.41) is 13.4. The Bertz CT molecular complexity index is 635. The SMILES string of the molecule is CCOc1ccc(-c2cc(C(=O)O)n(CC)n2)cc1N. The molecule has 2 aromatic rings. The van der Waals surface area contributed by atoms with Crippen LogP contribution in [0.3, 0.4) is 0 Å². The third-order valence-electron chi connectivity index (χ3n) is 2.90. The van der Waals surface area contributed by atoms with Crippen LogP contribution in [0.5, 0.6) is 5.75 Å². The molecule has 0 unspecified atom stereocenters. The maximum absolute atomic E-state index is 11.1. The quantitative estimate of drug-likeness (QED) is 0.817. The van der Waals surface area contributed by atoms with Crippen molar-refractivity contribution in [3.8, 4) is 17.0 Å². The van der Waals surface area contributed by atoms with E-state index in [2.05, 4.69) is 5.10 Å². The molecule has 0 bridgehead atoms. The molecule has 0 aliphatic carbocycles. The molecule has 20 heavy (non-hydrogen) atoms. The number of benzene rings is 1. The Kier molecular flexibility index (Phi) is 3.93. The Morgan fingerprint density at radius 1 is 1.40 bits per heavy atom. The molecule has 0 fully saturated rings. The molecule has 0 radical (unpaired) electrons. The van der Waals surface area contributed by atoms with Gasteiger partial charge in [-0.25, -0.2) is 4.79 Å².